The van der Waals surface area contributed by atoms with Gasteiger partial charge in [-0.3, -0.25) is 0 Å². The van der Waals surface area contributed by atoms with Gasteiger partial charge in [-0.05, 0) is 37.6 Å². The molecule has 15 heavy (non-hydrogen) atoms. The van der Waals surface area contributed by atoms with Crippen molar-refractivity contribution >= 4 is 0 Å². The minimum atomic E-state index is -0.201. The molecule has 1 aromatic rings. The first-order valence-corrected chi connectivity index (χ1v) is 5.37. The van der Waals surface area contributed by atoms with Crippen LogP contribution in [0.1, 0.15) is 25.0 Å². The first kappa shape index (κ1) is 10.6. The van der Waals surface area contributed by atoms with E-state index < -0.39 is 0 Å². The fourth-order valence-electron chi connectivity index (χ4n) is 1.87. The maximum atomic E-state index is 13.0. The summed E-state index contributed by atoms with van der Waals surface area (Å²) in [5.41, 5.74) is 0.905. The van der Waals surface area contributed by atoms with Crippen molar-refractivity contribution in [1.82, 2.24) is 5.32 Å². The smallest absolute Gasteiger partial charge is 0.123 e. The van der Waals surface area contributed by atoms with Crippen molar-refractivity contribution in [2.75, 3.05) is 13.1 Å². The Morgan fingerprint density at radius 2 is 2.40 bits per heavy atom. The fraction of sp³-hybridized carbons (Fsp3) is 0.500. The highest BCUT2D eigenvalue weighted by Gasteiger charge is 2.18. The summed E-state index contributed by atoms with van der Waals surface area (Å²) >= 11 is 0. The van der Waals surface area contributed by atoms with Crippen LogP contribution >= 0.6 is 0 Å². The summed E-state index contributed by atoms with van der Waals surface area (Å²) in [5.74, 6) is -0.201. The molecule has 0 bridgehead atoms. The van der Waals surface area contributed by atoms with E-state index in [1.165, 1.54) is 12.1 Å². The van der Waals surface area contributed by atoms with Crippen LogP contribution in [-0.2, 0) is 4.74 Å². The van der Waals surface area contributed by atoms with Crippen LogP contribution in [0.25, 0.3) is 0 Å². The van der Waals surface area contributed by atoms with E-state index >= 15 is 0 Å². The highest BCUT2D eigenvalue weighted by molar-refractivity contribution is 5.18. The average Bonchev–Trinajstić information content (AvgIpc) is 2.70. The van der Waals surface area contributed by atoms with Gasteiger partial charge >= 0.3 is 0 Å². The molecule has 1 aliphatic heterocycles. The zero-order valence-corrected chi connectivity index (χ0v) is 8.87. The third kappa shape index (κ3) is 2.76. The zero-order valence-electron chi connectivity index (χ0n) is 8.87. The number of nitrogens with one attached hydrogen (secondary N) is 1. The molecule has 1 aliphatic rings. The molecule has 1 N–H and O–H groups in total. The van der Waals surface area contributed by atoms with Gasteiger partial charge in [-0.1, -0.05) is 12.1 Å². The minimum Gasteiger partial charge on any atom is -0.369 e. The number of hydrogen-bond donors (Lipinski definition) is 1. The van der Waals surface area contributed by atoms with Crippen molar-refractivity contribution in [3.05, 3.63) is 35.6 Å². The van der Waals surface area contributed by atoms with Crippen LogP contribution in [0, 0.1) is 5.82 Å². The second kappa shape index (κ2) is 4.73. The van der Waals surface area contributed by atoms with E-state index in [9.17, 15) is 4.39 Å². The SMILES string of the molecule is C[C@@H](O[C@@H]1CCNC1)c1cccc(F)c1. The van der Waals surface area contributed by atoms with Crippen molar-refractivity contribution in [2.24, 2.45) is 0 Å². The summed E-state index contributed by atoms with van der Waals surface area (Å²) in [7, 11) is 0. The van der Waals surface area contributed by atoms with Gasteiger partial charge in [0.2, 0.25) is 0 Å². The molecule has 2 nitrogen and oxygen atoms in total. The third-order valence-electron chi connectivity index (χ3n) is 2.73. The maximum Gasteiger partial charge on any atom is 0.123 e. The average molecular weight is 209 g/mol. The molecule has 0 unspecified atom stereocenters. The molecule has 0 radical (unpaired) electrons. The van der Waals surface area contributed by atoms with Gasteiger partial charge in [0.25, 0.3) is 0 Å². The van der Waals surface area contributed by atoms with Crippen molar-refractivity contribution in [3.8, 4) is 0 Å². The molecule has 1 saturated heterocycles. The van der Waals surface area contributed by atoms with Gasteiger partial charge in [0.05, 0.1) is 12.2 Å². The Morgan fingerprint density at radius 1 is 1.53 bits per heavy atom. The molecular formula is C12H16FNO. The van der Waals surface area contributed by atoms with E-state index in [4.69, 9.17) is 4.74 Å². The first-order valence-electron chi connectivity index (χ1n) is 5.37. The highest BCUT2D eigenvalue weighted by Crippen LogP contribution is 2.21. The van der Waals surface area contributed by atoms with E-state index in [-0.39, 0.29) is 18.0 Å². The Kier molecular flexibility index (Phi) is 3.34. The Balaban J connectivity index is 1.97. The summed E-state index contributed by atoms with van der Waals surface area (Å²) in [6.07, 6.45) is 1.27. The molecule has 1 aromatic carbocycles. The van der Waals surface area contributed by atoms with Crippen LogP contribution in [0.2, 0.25) is 0 Å². The van der Waals surface area contributed by atoms with Crippen LogP contribution in [-0.4, -0.2) is 19.2 Å². The van der Waals surface area contributed by atoms with Crippen molar-refractivity contribution < 1.29 is 9.13 Å². The van der Waals surface area contributed by atoms with Crippen molar-refractivity contribution in [1.29, 1.82) is 0 Å². The van der Waals surface area contributed by atoms with Crippen LogP contribution < -0.4 is 5.32 Å². The monoisotopic (exact) mass is 209 g/mol. The molecule has 2 rings (SSSR count). The molecule has 0 aromatic heterocycles. The quantitative estimate of drug-likeness (QED) is 0.824. The van der Waals surface area contributed by atoms with Crippen molar-refractivity contribution in [3.63, 3.8) is 0 Å². The fourth-order valence-corrected chi connectivity index (χ4v) is 1.87. The topological polar surface area (TPSA) is 21.3 Å². The summed E-state index contributed by atoms with van der Waals surface area (Å²) in [6.45, 7) is 3.88. The van der Waals surface area contributed by atoms with E-state index in [1.807, 2.05) is 13.0 Å². The zero-order chi connectivity index (χ0) is 10.7. The third-order valence-corrected chi connectivity index (χ3v) is 2.73. The van der Waals surface area contributed by atoms with E-state index in [0.29, 0.717) is 0 Å². The lowest BCUT2D eigenvalue weighted by Crippen LogP contribution is -2.18. The molecular weight excluding hydrogens is 193 g/mol. The molecule has 82 valence electrons. The summed E-state index contributed by atoms with van der Waals surface area (Å²) in [5, 5.41) is 3.24. The number of halogens is 1. The highest BCUT2D eigenvalue weighted by atomic mass is 19.1. The molecule has 3 heteroatoms. The standard InChI is InChI=1S/C12H16FNO/c1-9(15-12-5-6-14-8-12)10-3-2-4-11(13)7-10/h2-4,7,9,12,14H,5-6,8H2,1H3/t9-,12-/m1/s1. The largest absolute Gasteiger partial charge is 0.369 e. The second-order valence-corrected chi connectivity index (χ2v) is 3.95. The van der Waals surface area contributed by atoms with E-state index in [2.05, 4.69) is 5.32 Å². The Hall–Kier alpha value is -0.930. The van der Waals surface area contributed by atoms with Crippen LogP contribution in [0.3, 0.4) is 0 Å². The van der Waals surface area contributed by atoms with E-state index in [0.717, 1.165) is 25.1 Å². The Morgan fingerprint density at radius 3 is 3.07 bits per heavy atom. The minimum absolute atomic E-state index is 0.0365. The molecule has 0 saturated carbocycles. The number of benzene rings is 1. The Labute approximate surface area is 89.4 Å². The maximum absolute atomic E-state index is 13.0. The van der Waals surface area contributed by atoms with Gasteiger partial charge in [0, 0.05) is 6.54 Å². The van der Waals surface area contributed by atoms with Crippen LogP contribution in [0.15, 0.2) is 24.3 Å². The number of hydrogen-bond acceptors (Lipinski definition) is 2. The van der Waals surface area contributed by atoms with Crippen LogP contribution in [0.4, 0.5) is 4.39 Å². The second-order valence-electron chi connectivity index (χ2n) is 3.95. The number of ether oxygens (including phenoxy) is 1. The van der Waals surface area contributed by atoms with Gasteiger partial charge in [-0.25, -0.2) is 4.39 Å². The van der Waals surface area contributed by atoms with Gasteiger partial charge in [0.15, 0.2) is 0 Å². The van der Waals surface area contributed by atoms with Gasteiger partial charge in [-0.2, -0.15) is 0 Å². The van der Waals surface area contributed by atoms with Gasteiger partial charge in [0.1, 0.15) is 5.82 Å². The Bertz CT molecular complexity index is 323. The van der Waals surface area contributed by atoms with E-state index in [1.54, 1.807) is 6.07 Å². The molecule has 0 spiro atoms. The van der Waals surface area contributed by atoms with Gasteiger partial charge < -0.3 is 10.1 Å². The first-order chi connectivity index (χ1) is 7.25. The molecule has 0 aliphatic carbocycles. The number of rotatable bonds is 3. The molecule has 0 amide bonds. The lowest BCUT2D eigenvalue weighted by atomic mass is 10.1. The molecule has 1 heterocycles. The lowest BCUT2D eigenvalue weighted by Gasteiger charge is -2.18. The predicted octanol–water partition coefficient (Wildman–Crippen LogP) is 2.27. The predicted molar refractivity (Wildman–Crippen MR) is 57.2 cm³/mol. The summed E-state index contributed by atoms with van der Waals surface area (Å²) in [4.78, 5) is 0. The molecule has 1 fully saturated rings. The molecule has 2 atom stereocenters. The summed E-state index contributed by atoms with van der Waals surface area (Å²) in [6, 6.07) is 6.61. The normalized spacial score (nSPS) is 22.9. The van der Waals surface area contributed by atoms with Gasteiger partial charge in [-0.15, -0.1) is 0 Å². The van der Waals surface area contributed by atoms with Crippen molar-refractivity contribution in [2.45, 2.75) is 25.6 Å². The lowest BCUT2D eigenvalue weighted by molar-refractivity contribution is 0.00814. The summed E-state index contributed by atoms with van der Waals surface area (Å²) < 4.78 is 18.8. The van der Waals surface area contributed by atoms with Crippen LogP contribution in [0.5, 0.6) is 0 Å².